The number of nitro benzene ring substituents is 1. The van der Waals surface area contributed by atoms with Crippen molar-refractivity contribution in [2.75, 3.05) is 5.73 Å². The zero-order valence-corrected chi connectivity index (χ0v) is 17.6. The van der Waals surface area contributed by atoms with E-state index in [1.165, 1.54) is 11.6 Å². The van der Waals surface area contributed by atoms with E-state index in [2.05, 4.69) is 9.98 Å². The molecule has 30 heavy (non-hydrogen) atoms. The molecular formula is C22H26N4O4. The molecule has 0 saturated carbocycles. The van der Waals surface area contributed by atoms with Gasteiger partial charge in [-0.15, -0.1) is 0 Å². The lowest BCUT2D eigenvalue weighted by Crippen LogP contribution is -2.08. The van der Waals surface area contributed by atoms with Gasteiger partial charge in [0.15, 0.2) is 5.75 Å². The second kappa shape index (κ2) is 8.94. The van der Waals surface area contributed by atoms with Crippen LogP contribution in [0.2, 0.25) is 0 Å². The minimum absolute atomic E-state index is 0.000741. The highest BCUT2D eigenvalue weighted by atomic mass is 16.6. The summed E-state index contributed by atoms with van der Waals surface area (Å²) < 4.78 is 11.0. The fourth-order valence-electron chi connectivity index (χ4n) is 3.13. The number of aliphatic imine (C=N–C) groups is 2. The fraction of sp³-hybridized carbons (Fsp3) is 0.364. The normalized spacial score (nSPS) is 13.1. The molecule has 2 heterocycles. The molecule has 2 N–H and O–H groups in total. The first kappa shape index (κ1) is 21.3. The van der Waals surface area contributed by atoms with E-state index in [1.54, 1.807) is 12.3 Å². The van der Waals surface area contributed by atoms with Crippen LogP contribution in [-0.4, -0.2) is 29.6 Å². The van der Waals surface area contributed by atoms with Crippen molar-refractivity contribution in [3.05, 3.63) is 56.6 Å². The van der Waals surface area contributed by atoms with Crippen LogP contribution >= 0.6 is 0 Å². The molecule has 0 spiro atoms. The number of nitro groups is 1. The van der Waals surface area contributed by atoms with Crippen molar-refractivity contribution in [2.45, 2.75) is 53.0 Å². The Morgan fingerprint density at radius 3 is 1.93 bits per heavy atom. The van der Waals surface area contributed by atoms with Crippen molar-refractivity contribution in [1.82, 2.24) is 0 Å². The summed E-state index contributed by atoms with van der Waals surface area (Å²) in [5.74, 6) is 1.09. The van der Waals surface area contributed by atoms with Crippen molar-refractivity contribution in [2.24, 2.45) is 9.98 Å². The first-order chi connectivity index (χ1) is 14.2. The van der Waals surface area contributed by atoms with Crippen molar-refractivity contribution in [3.8, 4) is 11.5 Å². The summed E-state index contributed by atoms with van der Waals surface area (Å²) >= 11 is 0. The third kappa shape index (κ3) is 4.94. The number of benzene rings is 2. The highest BCUT2D eigenvalue weighted by Crippen LogP contribution is 2.33. The van der Waals surface area contributed by atoms with Gasteiger partial charge in [0.2, 0.25) is 0 Å². The van der Waals surface area contributed by atoms with E-state index in [-0.39, 0.29) is 17.9 Å². The number of hydrogen-bond acceptors (Lipinski definition) is 7. The summed E-state index contributed by atoms with van der Waals surface area (Å²) in [5.41, 5.74) is 10.6. The van der Waals surface area contributed by atoms with Gasteiger partial charge < -0.3 is 15.2 Å². The van der Waals surface area contributed by atoms with Crippen LogP contribution in [0.3, 0.4) is 0 Å². The summed E-state index contributed by atoms with van der Waals surface area (Å²) in [6, 6.07) is 7.13. The van der Waals surface area contributed by atoms with E-state index in [9.17, 15) is 10.1 Å². The predicted octanol–water partition coefficient (Wildman–Crippen LogP) is 4.30. The Bertz CT molecular complexity index is 1010. The van der Waals surface area contributed by atoms with Gasteiger partial charge in [-0.2, -0.15) is 0 Å². The zero-order valence-electron chi connectivity index (χ0n) is 17.6. The van der Waals surface area contributed by atoms with Crippen molar-refractivity contribution < 1.29 is 14.4 Å². The molecule has 2 aromatic rings. The third-order valence-corrected chi connectivity index (χ3v) is 4.40. The number of ether oxygens (including phenoxy) is 2. The van der Waals surface area contributed by atoms with Gasteiger partial charge in [0.05, 0.1) is 35.9 Å². The largest absolute Gasteiger partial charge is 0.489 e. The van der Waals surface area contributed by atoms with Crippen LogP contribution in [0.25, 0.3) is 0 Å². The molecule has 0 aliphatic carbocycles. The molecule has 0 radical (unpaired) electrons. The standard InChI is InChI=1S/C11H12N2O3.C11H14N2O/c1-7(2)16-11-4-9-6-12-5-8(9)3-10(11)13(14)15;1-7(2)14-11-4-9-6-13-5-8(9)3-10(11)12/h3-5,7H,6H2,1-2H3;3-5,7H,6,12H2,1-2H3. The van der Waals surface area contributed by atoms with Gasteiger partial charge in [0.25, 0.3) is 0 Å². The lowest BCUT2D eigenvalue weighted by molar-refractivity contribution is -0.386. The second-order valence-corrected chi connectivity index (χ2v) is 7.64. The summed E-state index contributed by atoms with van der Waals surface area (Å²) in [6.45, 7) is 8.97. The van der Waals surface area contributed by atoms with E-state index in [1.807, 2.05) is 46.0 Å². The molecule has 2 aliphatic rings. The smallest absolute Gasteiger partial charge is 0.311 e. The van der Waals surface area contributed by atoms with Gasteiger partial charge in [-0.3, -0.25) is 20.1 Å². The van der Waals surface area contributed by atoms with E-state index in [0.29, 0.717) is 18.0 Å². The van der Waals surface area contributed by atoms with Crippen LogP contribution in [0.15, 0.2) is 34.3 Å². The van der Waals surface area contributed by atoms with Crippen molar-refractivity contribution in [3.63, 3.8) is 0 Å². The number of nitrogens with zero attached hydrogens (tertiary/aromatic N) is 3. The minimum atomic E-state index is -0.426. The monoisotopic (exact) mass is 410 g/mol. The molecule has 0 atom stereocenters. The Balaban J connectivity index is 0.000000172. The Kier molecular flexibility index (Phi) is 6.34. The lowest BCUT2D eigenvalue weighted by atomic mass is 10.1. The molecule has 0 fully saturated rings. The van der Waals surface area contributed by atoms with Crippen LogP contribution in [0.4, 0.5) is 11.4 Å². The van der Waals surface area contributed by atoms with E-state index >= 15 is 0 Å². The summed E-state index contributed by atoms with van der Waals surface area (Å²) in [7, 11) is 0. The molecule has 2 aliphatic heterocycles. The molecule has 158 valence electrons. The maximum atomic E-state index is 10.9. The number of nitrogen functional groups attached to an aromatic ring is 1. The van der Waals surface area contributed by atoms with Crippen molar-refractivity contribution >= 4 is 23.8 Å². The molecule has 8 nitrogen and oxygen atoms in total. The van der Waals surface area contributed by atoms with Gasteiger partial charge in [0.1, 0.15) is 5.75 Å². The maximum absolute atomic E-state index is 10.9. The first-order valence-electron chi connectivity index (χ1n) is 9.81. The van der Waals surface area contributed by atoms with Crippen LogP contribution < -0.4 is 15.2 Å². The molecular weight excluding hydrogens is 384 g/mol. The van der Waals surface area contributed by atoms with Gasteiger partial charge in [-0.05, 0) is 62.6 Å². The Hall–Kier alpha value is -3.42. The average molecular weight is 410 g/mol. The molecule has 4 rings (SSSR count). The lowest BCUT2D eigenvalue weighted by Gasteiger charge is -2.13. The Morgan fingerprint density at radius 1 is 0.900 bits per heavy atom. The van der Waals surface area contributed by atoms with E-state index < -0.39 is 4.92 Å². The van der Waals surface area contributed by atoms with Crippen molar-refractivity contribution in [1.29, 1.82) is 0 Å². The third-order valence-electron chi connectivity index (χ3n) is 4.40. The van der Waals surface area contributed by atoms with Crippen LogP contribution in [0.5, 0.6) is 11.5 Å². The molecule has 8 heteroatoms. The molecule has 0 unspecified atom stereocenters. The van der Waals surface area contributed by atoms with Gasteiger partial charge >= 0.3 is 5.69 Å². The number of rotatable bonds is 5. The summed E-state index contributed by atoms with van der Waals surface area (Å²) in [5, 5.41) is 10.9. The second-order valence-electron chi connectivity index (χ2n) is 7.64. The van der Waals surface area contributed by atoms with Gasteiger partial charge in [0, 0.05) is 24.1 Å². The molecule has 0 saturated heterocycles. The first-order valence-corrected chi connectivity index (χ1v) is 9.81. The molecule has 0 amide bonds. The highest BCUT2D eigenvalue weighted by Gasteiger charge is 2.21. The number of nitrogens with two attached hydrogens (primary N) is 1. The fourth-order valence-corrected chi connectivity index (χ4v) is 3.13. The minimum Gasteiger partial charge on any atom is -0.489 e. The highest BCUT2D eigenvalue weighted by molar-refractivity contribution is 5.87. The van der Waals surface area contributed by atoms with Crippen LogP contribution in [0.1, 0.15) is 49.9 Å². The zero-order chi connectivity index (χ0) is 21.8. The number of anilines is 1. The predicted molar refractivity (Wildman–Crippen MR) is 118 cm³/mol. The van der Waals surface area contributed by atoms with E-state index in [0.717, 1.165) is 29.0 Å². The quantitative estimate of drug-likeness (QED) is 0.448. The van der Waals surface area contributed by atoms with Crippen LogP contribution in [0, 0.1) is 10.1 Å². The topological polar surface area (TPSA) is 112 Å². The Morgan fingerprint density at radius 2 is 1.40 bits per heavy atom. The van der Waals surface area contributed by atoms with Gasteiger partial charge in [-0.1, -0.05) is 0 Å². The molecule has 0 aromatic heterocycles. The van der Waals surface area contributed by atoms with E-state index in [4.69, 9.17) is 15.2 Å². The Labute approximate surface area is 175 Å². The maximum Gasteiger partial charge on any atom is 0.311 e. The SMILES string of the molecule is CC(C)Oc1cc2c(cc1N)C=NC2.CC(C)Oc1cc2c(cc1[N+](=O)[O-])C=NC2. The average Bonchev–Trinajstić information content (AvgIpc) is 3.29. The van der Waals surface area contributed by atoms with Gasteiger partial charge in [-0.25, -0.2) is 0 Å². The molecule has 2 aromatic carbocycles. The number of hydrogen-bond donors (Lipinski definition) is 1. The molecule has 0 bridgehead atoms. The summed E-state index contributed by atoms with van der Waals surface area (Å²) in [4.78, 5) is 18.7. The van der Waals surface area contributed by atoms with Crippen LogP contribution in [-0.2, 0) is 13.1 Å². The summed E-state index contributed by atoms with van der Waals surface area (Å²) in [6.07, 6.45) is 3.57. The number of fused-ring (bicyclic) bond motifs is 2.